The number of rotatable bonds is 1. The highest BCUT2D eigenvalue weighted by atomic mass is 19.4. The van der Waals surface area contributed by atoms with Crippen LogP contribution in [0.1, 0.15) is 16.1 Å². The van der Waals surface area contributed by atoms with Crippen LogP contribution in [0.2, 0.25) is 0 Å². The minimum Gasteiger partial charge on any atom is -0.318 e. The molecule has 1 amide bonds. The lowest BCUT2D eigenvalue weighted by Crippen LogP contribution is -2.35. The van der Waals surface area contributed by atoms with Crippen LogP contribution in [0.3, 0.4) is 0 Å². The summed E-state index contributed by atoms with van der Waals surface area (Å²) in [6, 6.07) is 1.34. The maximum atomic E-state index is 12.1. The molecule has 0 fully saturated rings. The Hall–Kier alpha value is -1.83. The SMILES string of the molecule is NNC(=O)c1ccc(C(F)(F)F)[nH]c1=O. The van der Waals surface area contributed by atoms with Crippen LogP contribution in [0.4, 0.5) is 13.2 Å². The van der Waals surface area contributed by atoms with E-state index in [1.165, 1.54) is 4.98 Å². The Kier molecular flexibility index (Phi) is 2.80. The average Bonchev–Trinajstić information content (AvgIpc) is 2.15. The summed E-state index contributed by atoms with van der Waals surface area (Å²) in [7, 11) is 0. The number of aromatic amines is 1. The average molecular weight is 221 g/mol. The number of carbonyl (C=O) groups is 1. The third-order valence-electron chi connectivity index (χ3n) is 1.59. The van der Waals surface area contributed by atoms with Crippen molar-refractivity contribution in [3.63, 3.8) is 0 Å². The summed E-state index contributed by atoms with van der Waals surface area (Å²) < 4.78 is 36.3. The highest BCUT2D eigenvalue weighted by molar-refractivity contribution is 5.93. The van der Waals surface area contributed by atoms with Gasteiger partial charge in [-0.2, -0.15) is 13.2 Å². The Bertz CT molecular complexity index is 438. The molecule has 5 nitrogen and oxygen atoms in total. The molecule has 0 bridgehead atoms. The van der Waals surface area contributed by atoms with Crippen molar-refractivity contribution in [2.75, 3.05) is 0 Å². The van der Waals surface area contributed by atoms with Gasteiger partial charge in [-0.25, -0.2) is 5.84 Å². The van der Waals surface area contributed by atoms with Gasteiger partial charge in [0.15, 0.2) is 0 Å². The molecule has 0 saturated carbocycles. The van der Waals surface area contributed by atoms with E-state index in [0.29, 0.717) is 6.07 Å². The summed E-state index contributed by atoms with van der Waals surface area (Å²) in [6.07, 6.45) is -4.66. The zero-order valence-corrected chi connectivity index (χ0v) is 7.18. The lowest BCUT2D eigenvalue weighted by molar-refractivity contribution is -0.141. The fourth-order valence-corrected chi connectivity index (χ4v) is 0.896. The summed E-state index contributed by atoms with van der Waals surface area (Å²) in [5.74, 6) is 3.77. The minimum absolute atomic E-state index is 0.481. The standard InChI is InChI=1S/C7H6F3N3O2/c8-7(9,10)4-2-1-3(5(14)12-4)6(15)13-11/h1-2H,11H2,(H,12,14)(H,13,15). The van der Waals surface area contributed by atoms with Gasteiger partial charge in [-0.15, -0.1) is 0 Å². The van der Waals surface area contributed by atoms with E-state index < -0.39 is 28.9 Å². The Morgan fingerprint density at radius 2 is 2.00 bits per heavy atom. The fraction of sp³-hybridized carbons (Fsp3) is 0.143. The summed E-state index contributed by atoms with van der Waals surface area (Å²) in [4.78, 5) is 23.4. The van der Waals surface area contributed by atoms with Crippen molar-refractivity contribution in [3.8, 4) is 0 Å². The molecular weight excluding hydrogens is 215 g/mol. The first-order chi connectivity index (χ1) is 6.86. The van der Waals surface area contributed by atoms with Crippen molar-refractivity contribution >= 4 is 5.91 Å². The van der Waals surface area contributed by atoms with Crippen LogP contribution < -0.4 is 16.8 Å². The van der Waals surface area contributed by atoms with Gasteiger partial charge in [-0.05, 0) is 12.1 Å². The van der Waals surface area contributed by atoms with Gasteiger partial charge in [0.25, 0.3) is 11.5 Å². The van der Waals surface area contributed by atoms with Crippen LogP contribution in [-0.4, -0.2) is 10.9 Å². The van der Waals surface area contributed by atoms with Gasteiger partial charge in [-0.3, -0.25) is 15.0 Å². The number of hydrogen-bond acceptors (Lipinski definition) is 3. The van der Waals surface area contributed by atoms with Crippen LogP contribution in [0, 0.1) is 0 Å². The number of hydrazine groups is 1. The van der Waals surface area contributed by atoms with E-state index in [2.05, 4.69) is 0 Å². The van der Waals surface area contributed by atoms with E-state index in [-0.39, 0.29) is 0 Å². The fourth-order valence-electron chi connectivity index (χ4n) is 0.896. The number of nitrogens with two attached hydrogens (primary N) is 1. The molecule has 0 aliphatic carbocycles. The van der Waals surface area contributed by atoms with Crippen LogP contribution >= 0.6 is 0 Å². The predicted octanol–water partition coefficient (Wildman–Crippen LogP) is -0.00280. The van der Waals surface area contributed by atoms with E-state index in [4.69, 9.17) is 5.84 Å². The van der Waals surface area contributed by atoms with Crippen LogP contribution in [0.15, 0.2) is 16.9 Å². The molecule has 1 aromatic rings. The first-order valence-electron chi connectivity index (χ1n) is 3.67. The van der Waals surface area contributed by atoms with Gasteiger partial charge >= 0.3 is 6.18 Å². The quantitative estimate of drug-likeness (QED) is 0.354. The molecule has 0 spiro atoms. The van der Waals surface area contributed by atoms with Crippen molar-refractivity contribution in [1.82, 2.24) is 10.4 Å². The number of carbonyl (C=O) groups excluding carboxylic acids is 1. The second kappa shape index (κ2) is 3.73. The van der Waals surface area contributed by atoms with E-state index in [9.17, 15) is 22.8 Å². The molecule has 15 heavy (non-hydrogen) atoms. The number of pyridine rings is 1. The normalized spacial score (nSPS) is 11.2. The highest BCUT2D eigenvalue weighted by Gasteiger charge is 2.32. The summed E-state index contributed by atoms with van der Waals surface area (Å²) in [5.41, 5.74) is -1.21. The van der Waals surface area contributed by atoms with Crippen LogP contribution in [-0.2, 0) is 6.18 Å². The minimum atomic E-state index is -4.66. The summed E-state index contributed by atoms with van der Waals surface area (Å²) in [5, 5.41) is 0. The van der Waals surface area contributed by atoms with E-state index in [1.807, 2.05) is 0 Å². The van der Waals surface area contributed by atoms with Crippen LogP contribution in [0.5, 0.6) is 0 Å². The first kappa shape index (κ1) is 11.2. The Morgan fingerprint density at radius 3 is 2.40 bits per heavy atom. The third-order valence-corrected chi connectivity index (χ3v) is 1.59. The van der Waals surface area contributed by atoms with Crippen molar-refractivity contribution < 1.29 is 18.0 Å². The molecule has 0 atom stereocenters. The van der Waals surface area contributed by atoms with Gasteiger partial charge in [0.2, 0.25) is 0 Å². The van der Waals surface area contributed by atoms with E-state index in [0.717, 1.165) is 6.07 Å². The number of alkyl halides is 3. The Labute approximate surface area is 81.1 Å². The molecule has 0 aliphatic rings. The van der Waals surface area contributed by atoms with Gasteiger partial charge in [0.1, 0.15) is 11.3 Å². The number of amides is 1. The molecule has 1 heterocycles. The number of H-pyrrole nitrogens is 1. The Morgan fingerprint density at radius 1 is 1.40 bits per heavy atom. The zero-order chi connectivity index (χ0) is 11.6. The van der Waals surface area contributed by atoms with Gasteiger partial charge in [0.05, 0.1) is 0 Å². The van der Waals surface area contributed by atoms with Crippen molar-refractivity contribution in [2.45, 2.75) is 6.18 Å². The lowest BCUT2D eigenvalue weighted by atomic mass is 10.2. The molecule has 0 saturated heterocycles. The molecule has 8 heteroatoms. The van der Waals surface area contributed by atoms with E-state index in [1.54, 1.807) is 5.43 Å². The van der Waals surface area contributed by atoms with Crippen LogP contribution in [0.25, 0.3) is 0 Å². The molecular formula is C7H6F3N3O2. The van der Waals surface area contributed by atoms with Crippen molar-refractivity contribution in [1.29, 1.82) is 0 Å². The Balaban J connectivity index is 3.21. The molecule has 1 aromatic heterocycles. The number of hydrogen-bond donors (Lipinski definition) is 3. The van der Waals surface area contributed by atoms with Gasteiger partial charge in [-0.1, -0.05) is 0 Å². The van der Waals surface area contributed by atoms with E-state index >= 15 is 0 Å². The number of halogens is 3. The maximum Gasteiger partial charge on any atom is 0.431 e. The smallest absolute Gasteiger partial charge is 0.318 e. The molecule has 4 N–H and O–H groups in total. The molecule has 0 aromatic carbocycles. The maximum absolute atomic E-state index is 12.1. The predicted molar refractivity (Wildman–Crippen MR) is 43.7 cm³/mol. The second-order valence-electron chi connectivity index (χ2n) is 2.59. The molecule has 0 unspecified atom stereocenters. The number of nitrogens with one attached hydrogen (secondary N) is 2. The van der Waals surface area contributed by atoms with Gasteiger partial charge in [0, 0.05) is 0 Å². The van der Waals surface area contributed by atoms with Gasteiger partial charge < -0.3 is 4.98 Å². The zero-order valence-electron chi connectivity index (χ0n) is 7.18. The largest absolute Gasteiger partial charge is 0.431 e. The van der Waals surface area contributed by atoms with Crippen molar-refractivity contribution in [3.05, 3.63) is 33.7 Å². The summed E-state index contributed by atoms with van der Waals surface area (Å²) >= 11 is 0. The highest BCUT2D eigenvalue weighted by Crippen LogP contribution is 2.26. The number of nitrogen functional groups attached to an aromatic ring is 1. The monoisotopic (exact) mass is 221 g/mol. The number of aromatic nitrogens is 1. The topological polar surface area (TPSA) is 88.0 Å². The molecule has 1 rings (SSSR count). The molecule has 0 aliphatic heterocycles. The third kappa shape index (κ3) is 2.34. The second-order valence-corrected chi connectivity index (χ2v) is 2.59. The molecule has 0 radical (unpaired) electrons. The summed E-state index contributed by atoms with van der Waals surface area (Å²) in [6.45, 7) is 0. The lowest BCUT2D eigenvalue weighted by Gasteiger charge is -2.06. The molecule has 82 valence electrons. The van der Waals surface area contributed by atoms with Crippen molar-refractivity contribution in [2.24, 2.45) is 5.84 Å². The first-order valence-corrected chi connectivity index (χ1v) is 3.67.